The molecule has 0 aliphatic carbocycles. The third kappa shape index (κ3) is 3.95. The maximum absolute atomic E-state index is 13.5. The van der Waals surface area contributed by atoms with Crippen LogP contribution in [0.2, 0.25) is 0 Å². The highest BCUT2D eigenvalue weighted by atomic mass is 19.1. The molecule has 0 amide bonds. The van der Waals surface area contributed by atoms with Gasteiger partial charge in [0.25, 0.3) is 5.88 Å². The van der Waals surface area contributed by atoms with E-state index in [1.54, 1.807) is 24.5 Å². The molecule has 0 saturated carbocycles. The van der Waals surface area contributed by atoms with Crippen molar-refractivity contribution >= 4 is 5.82 Å². The molecule has 2 aromatic heterocycles. The van der Waals surface area contributed by atoms with Gasteiger partial charge in [-0.1, -0.05) is 17.3 Å². The van der Waals surface area contributed by atoms with Crippen molar-refractivity contribution in [3.8, 4) is 17.3 Å². The number of nitrogens with zero attached hydrogens (tertiary/aromatic N) is 5. The molecule has 1 fully saturated rings. The normalized spacial score (nSPS) is 17.1. The summed E-state index contributed by atoms with van der Waals surface area (Å²) in [6.07, 6.45) is 5.20. The first-order chi connectivity index (χ1) is 13.6. The number of rotatable bonds is 5. The molecular weight excluding hydrogens is 361 g/mol. The Balaban J connectivity index is 1.54. The fourth-order valence-corrected chi connectivity index (χ4v) is 3.36. The molecule has 1 atom stereocenters. The predicted molar refractivity (Wildman–Crippen MR) is 102 cm³/mol. The summed E-state index contributed by atoms with van der Waals surface area (Å²) in [5.41, 5.74) is 0.601. The van der Waals surface area contributed by atoms with E-state index < -0.39 is 0 Å². The van der Waals surface area contributed by atoms with Gasteiger partial charge in [0, 0.05) is 31.0 Å². The van der Waals surface area contributed by atoms with E-state index in [2.05, 4.69) is 25.0 Å². The molecule has 0 radical (unpaired) electrons. The fourth-order valence-electron chi connectivity index (χ4n) is 3.36. The molecular formula is C20H22FN5O2. The molecule has 7 nitrogen and oxygen atoms in total. The van der Waals surface area contributed by atoms with Gasteiger partial charge in [0.1, 0.15) is 5.82 Å². The number of aromatic nitrogens is 4. The van der Waals surface area contributed by atoms with Crippen LogP contribution >= 0.6 is 0 Å². The molecule has 1 aliphatic rings. The van der Waals surface area contributed by atoms with Crippen molar-refractivity contribution in [3.05, 3.63) is 48.4 Å². The first-order valence-electron chi connectivity index (χ1n) is 9.42. The van der Waals surface area contributed by atoms with E-state index in [1.165, 1.54) is 12.1 Å². The highest BCUT2D eigenvalue weighted by Gasteiger charge is 2.29. The van der Waals surface area contributed by atoms with Crippen LogP contribution in [0.1, 0.15) is 38.5 Å². The van der Waals surface area contributed by atoms with Crippen LogP contribution in [0.25, 0.3) is 11.4 Å². The topological polar surface area (TPSA) is 77.2 Å². The molecule has 1 aromatic carbocycles. The van der Waals surface area contributed by atoms with Crippen molar-refractivity contribution in [2.45, 2.75) is 38.7 Å². The molecule has 8 heteroatoms. The zero-order valence-electron chi connectivity index (χ0n) is 15.9. The Morgan fingerprint density at radius 1 is 1.25 bits per heavy atom. The van der Waals surface area contributed by atoms with Gasteiger partial charge in [0.05, 0.1) is 12.0 Å². The van der Waals surface area contributed by atoms with Gasteiger partial charge >= 0.3 is 0 Å². The van der Waals surface area contributed by atoms with Crippen LogP contribution in [-0.4, -0.2) is 39.3 Å². The summed E-state index contributed by atoms with van der Waals surface area (Å²) >= 11 is 0. The number of benzene rings is 1. The van der Waals surface area contributed by atoms with Gasteiger partial charge in [-0.3, -0.25) is 0 Å². The number of ether oxygens (including phenoxy) is 1. The van der Waals surface area contributed by atoms with Gasteiger partial charge in [-0.2, -0.15) is 4.98 Å². The van der Waals surface area contributed by atoms with Crippen molar-refractivity contribution in [1.82, 2.24) is 20.1 Å². The summed E-state index contributed by atoms with van der Waals surface area (Å²) in [4.78, 5) is 15.5. The number of piperidine rings is 1. The standard InChI is InChI=1S/C20H22FN5O2/c1-13(2)27-20-18(22-8-9-23-20)26-10-4-6-15(12-26)19-24-17(25-28-19)14-5-3-7-16(21)11-14/h3,5,7-9,11,13,15H,4,6,10,12H2,1-2H3. The summed E-state index contributed by atoms with van der Waals surface area (Å²) in [5, 5.41) is 4.03. The van der Waals surface area contributed by atoms with Crippen molar-refractivity contribution < 1.29 is 13.7 Å². The first-order valence-corrected chi connectivity index (χ1v) is 9.42. The lowest BCUT2D eigenvalue weighted by atomic mass is 9.98. The highest BCUT2D eigenvalue weighted by Crippen LogP contribution is 2.32. The lowest BCUT2D eigenvalue weighted by Gasteiger charge is -2.32. The van der Waals surface area contributed by atoms with Crippen molar-refractivity contribution in [2.75, 3.05) is 18.0 Å². The predicted octanol–water partition coefficient (Wildman–Crippen LogP) is 3.84. The van der Waals surface area contributed by atoms with Crippen LogP contribution in [0.4, 0.5) is 10.2 Å². The van der Waals surface area contributed by atoms with Crippen LogP contribution < -0.4 is 9.64 Å². The molecule has 3 aromatic rings. The fraction of sp³-hybridized carbons (Fsp3) is 0.400. The van der Waals surface area contributed by atoms with E-state index in [0.717, 1.165) is 25.2 Å². The molecule has 1 aliphatic heterocycles. The van der Waals surface area contributed by atoms with Crippen LogP contribution in [0.15, 0.2) is 41.2 Å². The maximum Gasteiger partial charge on any atom is 0.257 e. The Kier molecular flexibility index (Phi) is 5.18. The molecule has 0 spiro atoms. The second kappa shape index (κ2) is 7.92. The van der Waals surface area contributed by atoms with E-state index in [0.29, 0.717) is 29.7 Å². The second-order valence-corrected chi connectivity index (χ2v) is 7.10. The van der Waals surface area contributed by atoms with E-state index in [-0.39, 0.29) is 17.8 Å². The summed E-state index contributed by atoms with van der Waals surface area (Å²) in [6, 6.07) is 6.19. The average Bonchev–Trinajstić information content (AvgIpc) is 3.18. The minimum atomic E-state index is -0.326. The van der Waals surface area contributed by atoms with Gasteiger partial charge in [-0.05, 0) is 38.8 Å². The number of hydrogen-bond acceptors (Lipinski definition) is 7. The van der Waals surface area contributed by atoms with Crippen LogP contribution in [-0.2, 0) is 0 Å². The smallest absolute Gasteiger partial charge is 0.257 e. The Labute approximate surface area is 162 Å². The average molecular weight is 383 g/mol. The molecule has 28 heavy (non-hydrogen) atoms. The van der Waals surface area contributed by atoms with Crippen molar-refractivity contribution in [3.63, 3.8) is 0 Å². The third-order valence-electron chi connectivity index (χ3n) is 4.59. The number of anilines is 1. The quantitative estimate of drug-likeness (QED) is 0.662. The van der Waals surface area contributed by atoms with E-state index in [4.69, 9.17) is 9.26 Å². The van der Waals surface area contributed by atoms with Crippen LogP contribution in [0.3, 0.4) is 0 Å². The van der Waals surface area contributed by atoms with Gasteiger partial charge in [-0.25, -0.2) is 14.4 Å². The molecule has 3 heterocycles. The SMILES string of the molecule is CC(C)Oc1nccnc1N1CCCC(c2nc(-c3cccc(F)c3)no2)C1. The van der Waals surface area contributed by atoms with Crippen LogP contribution in [0.5, 0.6) is 5.88 Å². The van der Waals surface area contributed by atoms with Gasteiger partial charge < -0.3 is 14.2 Å². The van der Waals surface area contributed by atoms with Gasteiger partial charge in [-0.15, -0.1) is 0 Å². The zero-order valence-corrected chi connectivity index (χ0v) is 15.9. The van der Waals surface area contributed by atoms with Crippen LogP contribution in [0, 0.1) is 5.82 Å². The van der Waals surface area contributed by atoms with E-state index in [9.17, 15) is 4.39 Å². The highest BCUT2D eigenvalue weighted by molar-refractivity contribution is 5.54. The van der Waals surface area contributed by atoms with Crippen molar-refractivity contribution in [1.29, 1.82) is 0 Å². The molecule has 4 rings (SSSR count). The third-order valence-corrected chi connectivity index (χ3v) is 4.59. The minimum absolute atomic E-state index is 0.0146. The lowest BCUT2D eigenvalue weighted by Crippen LogP contribution is -2.35. The monoisotopic (exact) mass is 383 g/mol. The summed E-state index contributed by atoms with van der Waals surface area (Å²) in [5.74, 6) is 1.95. The summed E-state index contributed by atoms with van der Waals surface area (Å²) in [7, 11) is 0. The summed E-state index contributed by atoms with van der Waals surface area (Å²) < 4.78 is 24.8. The molecule has 1 saturated heterocycles. The molecule has 0 bridgehead atoms. The Morgan fingerprint density at radius 3 is 2.93 bits per heavy atom. The lowest BCUT2D eigenvalue weighted by molar-refractivity contribution is 0.231. The molecule has 146 valence electrons. The largest absolute Gasteiger partial charge is 0.472 e. The molecule has 1 unspecified atom stereocenters. The van der Waals surface area contributed by atoms with Gasteiger partial charge in [0.15, 0.2) is 5.82 Å². The zero-order chi connectivity index (χ0) is 19.5. The minimum Gasteiger partial charge on any atom is -0.472 e. The van der Waals surface area contributed by atoms with E-state index in [1.807, 2.05) is 13.8 Å². The Morgan fingerprint density at radius 2 is 2.11 bits per heavy atom. The second-order valence-electron chi connectivity index (χ2n) is 7.10. The number of hydrogen-bond donors (Lipinski definition) is 0. The van der Waals surface area contributed by atoms with Gasteiger partial charge in [0.2, 0.25) is 11.7 Å². The molecule has 0 N–H and O–H groups in total. The number of halogens is 1. The van der Waals surface area contributed by atoms with Crippen molar-refractivity contribution in [2.24, 2.45) is 0 Å². The maximum atomic E-state index is 13.5. The summed E-state index contributed by atoms with van der Waals surface area (Å²) in [6.45, 7) is 5.46. The Bertz CT molecular complexity index is 946. The Hall–Kier alpha value is -3.03. The first kappa shape index (κ1) is 18.3. The van der Waals surface area contributed by atoms with E-state index >= 15 is 0 Å².